The Labute approximate surface area is 127 Å². The molecule has 1 aromatic heterocycles. The highest BCUT2D eigenvalue weighted by Crippen LogP contribution is 2.17. The van der Waals surface area contributed by atoms with Gasteiger partial charge in [-0.1, -0.05) is 6.92 Å². The molecule has 5 nitrogen and oxygen atoms in total. The third-order valence-electron chi connectivity index (χ3n) is 2.64. The molecule has 2 rings (SSSR count). The van der Waals surface area contributed by atoms with Crippen LogP contribution >= 0.6 is 11.3 Å². The van der Waals surface area contributed by atoms with Crippen molar-refractivity contribution in [2.75, 3.05) is 13.2 Å². The van der Waals surface area contributed by atoms with Gasteiger partial charge < -0.3 is 14.0 Å². The first-order valence-corrected chi connectivity index (χ1v) is 7.60. The average Bonchev–Trinajstić information content (AvgIpc) is 2.89. The van der Waals surface area contributed by atoms with E-state index >= 15 is 0 Å². The summed E-state index contributed by atoms with van der Waals surface area (Å²) < 4.78 is 12.7. The van der Waals surface area contributed by atoms with Crippen LogP contribution in [0.1, 0.15) is 13.3 Å². The Kier molecular flexibility index (Phi) is 5.57. The van der Waals surface area contributed by atoms with Gasteiger partial charge in [-0.05, 0) is 30.7 Å². The normalized spacial score (nSPS) is 11.4. The molecular weight excluding hydrogens is 288 g/mol. The van der Waals surface area contributed by atoms with E-state index in [2.05, 4.69) is 11.9 Å². The summed E-state index contributed by atoms with van der Waals surface area (Å²) in [5.74, 6) is 1.11. The number of benzene rings is 1. The number of hydrogen-bond donors (Lipinski definition) is 0. The highest BCUT2D eigenvalue weighted by atomic mass is 32.1. The third kappa shape index (κ3) is 4.75. The number of aryl methyl sites for hydroxylation is 1. The highest BCUT2D eigenvalue weighted by Gasteiger charge is 2.02. The fraction of sp³-hybridized carbons (Fsp3) is 0.333. The lowest BCUT2D eigenvalue weighted by Crippen LogP contribution is -2.16. The van der Waals surface area contributed by atoms with Crippen molar-refractivity contribution in [1.82, 2.24) is 4.57 Å². The van der Waals surface area contributed by atoms with Gasteiger partial charge in [-0.15, -0.1) is 11.3 Å². The number of rotatable bonds is 6. The van der Waals surface area contributed by atoms with E-state index in [1.165, 1.54) is 11.3 Å². The van der Waals surface area contributed by atoms with Crippen LogP contribution in [0.25, 0.3) is 0 Å². The summed E-state index contributed by atoms with van der Waals surface area (Å²) in [6.07, 6.45) is 2.82. The van der Waals surface area contributed by atoms with Gasteiger partial charge in [-0.25, -0.2) is 0 Å². The molecule has 6 heteroatoms. The first-order valence-electron chi connectivity index (χ1n) is 6.72. The number of aromatic nitrogens is 1. The van der Waals surface area contributed by atoms with E-state index in [0.717, 1.165) is 12.2 Å². The molecule has 0 radical (unpaired) electrons. The molecule has 21 heavy (non-hydrogen) atoms. The second kappa shape index (κ2) is 7.64. The monoisotopic (exact) mass is 306 g/mol. The molecular formula is C15H18N2O3S. The van der Waals surface area contributed by atoms with E-state index < -0.39 is 0 Å². The lowest BCUT2D eigenvalue weighted by molar-refractivity contribution is -0.120. The predicted octanol–water partition coefficient (Wildman–Crippen LogP) is 2.38. The fourth-order valence-corrected chi connectivity index (χ4v) is 2.32. The van der Waals surface area contributed by atoms with E-state index in [4.69, 9.17) is 9.47 Å². The van der Waals surface area contributed by atoms with Gasteiger partial charge in [0.25, 0.3) is 5.91 Å². The molecule has 0 unspecified atom stereocenters. The average molecular weight is 306 g/mol. The highest BCUT2D eigenvalue weighted by molar-refractivity contribution is 7.07. The summed E-state index contributed by atoms with van der Waals surface area (Å²) >= 11 is 1.41. The van der Waals surface area contributed by atoms with Gasteiger partial charge in [-0.2, -0.15) is 4.99 Å². The van der Waals surface area contributed by atoms with Gasteiger partial charge in [0.15, 0.2) is 11.4 Å². The van der Waals surface area contributed by atoms with Crippen molar-refractivity contribution in [3.63, 3.8) is 0 Å². The summed E-state index contributed by atoms with van der Waals surface area (Å²) in [4.78, 5) is 16.4. The van der Waals surface area contributed by atoms with E-state index in [1.54, 1.807) is 16.7 Å². The van der Waals surface area contributed by atoms with Crippen LogP contribution in [0.4, 0.5) is 0 Å². The number of thiazole rings is 1. The van der Waals surface area contributed by atoms with Gasteiger partial charge in [0.2, 0.25) is 0 Å². The second-order valence-corrected chi connectivity index (χ2v) is 5.28. The summed E-state index contributed by atoms with van der Waals surface area (Å²) in [6.45, 7) is 2.67. The molecule has 1 heterocycles. The van der Waals surface area contributed by atoms with E-state index in [1.807, 2.05) is 30.8 Å². The Morgan fingerprint density at radius 3 is 2.48 bits per heavy atom. The summed E-state index contributed by atoms with van der Waals surface area (Å²) in [6, 6.07) is 7.21. The SMILES string of the molecule is CCCOc1ccc(OCC(=O)N=c2sccn2C)cc1. The standard InChI is InChI=1S/C15H18N2O3S/c1-3-9-19-12-4-6-13(7-5-12)20-11-14(18)16-15-17(2)8-10-21-15/h4-8,10H,3,9,11H2,1-2H3. The lowest BCUT2D eigenvalue weighted by atomic mass is 10.3. The fourth-order valence-electron chi connectivity index (χ4n) is 1.57. The number of carbonyl (C=O) groups is 1. The van der Waals surface area contributed by atoms with Gasteiger partial charge in [-0.3, -0.25) is 4.79 Å². The van der Waals surface area contributed by atoms with E-state index in [-0.39, 0.29) is 12.5 Å². The maximum atomic E-state index is 11.7. The minimum absolute atomic E-state index is 0.0763. The summed E-state index contributed by atoms with van der Waals surface area (Å²) in [5.41, 5.74) is 0. The van der Waals surface area contributed by atoms with Crippen LogP contribution in [-0.2, 0) is 11.8 Å². The number of amides is 1. The zero-order chi connectivity index (χ0) is 15.1. The molecule has 0 bridgehead atoms. The molecule has 2 aromatic rings. The maximum Gasteiger partial charge on any atom is 0.286 e. The van der Waals surface area contributed by atoms with Crippen LogP contribution in [0.15, 0.2) is 40.8 Å². The zero-order valence-electron chi connectivity index (χ0n) is 12.1. The Hall–Kier alpha value is -2.08. The quantitative estimate of drug-likeness (QED) is 0.823. The molecule has 1 aromatic carbocycles. The molecule has 0 spiro atoms. The van der Waals surface area contributed by atoms with Crippen molar-refractivity contribution in [1.29, 1.82) is 0 Å². The smallest absolute Gasteiger partial charge is 0.286 e. The maximum absolute atomic E-state index is 11.7. The number of carbonyl (C=O) groups excluding carboxylic acids is 1. The van der Waals surface area contributed by atoms with Gasteiger partial charge in [0.05, 0.1) is 6.61 Å². The largest absolute Gasteiger partial charge is 0.494 e. The zero-order valence-corrected chi connectivity index (χ0v) is 12.9. The predicted molar refractivity (Wildman–Crippen MR) is 81.6 cm³/mol. The Balaban J connectivity index is 1.88. The van der Waals surface area contributed by atoms with Crippen molar-refractivity contribution < 1.29 is 14.3 Å². The second-order valence-electron chi connectivity index (χ2n) is 4.41. The molecule has 0 atom stereocenters. The van der Waals surface area contributed by atoms with Crippen LogP contribution in [0, 0.1) is 0 Å². The molecule has 0 fully saturated rings. The third-order valence-corrected chi connectivity index (χ3v) is 3.49. The van der Waals surface area contributed by atoms with Crippen molar-refractivity contribution >= 4 is 17.2 Å². The summed E-state index contributed by atoms with van der Waals surface area (Å²) in [5, 5.41) is 1.88. The number of nitrogens with zero attached hydrogens (tertiary/aromatic N) is 2. The molecule has 0 aliphatic heterocycles. The number of ether oxygens (including phenoxy) is 2. The van der Waals surface area contributed by atoms with Crippen LogP contribution in [0.5, 0.6) is 11.5 Å². The van der Waals surface area contributed by atoms with Crippen molar-refractivity contribution in [2.24, 2.45) is 12.0 Å². The topological polar surface area (TPSA) is 52.8 Å². The van der Waals surface area contributed by atoms with Crippen molar-refractivity contribution in [3.8, 4) is 11.5 Å². The minimum Gasteiger partial charge on any atom is -0.494 e. The Morgan fingerprint density at radius 2 is 1.90 bits per heavy atom. The molecule has 0 aliphatic rings. The van der Waals surface area contributed by atoms with Crippen LogP contribution < -0.4 is 14.3 Å². The Bertz CT molecular complexity index is 643. The molecule has 112 valence electrons. The van der Waals surface area contributed by atoms with Crippen LogP contribution in [-0.4, -0.2) is 23.7 Å². The van der Waals surface area contributed by atoms with E-state index in [9.17, 15) is 4.79 Å². The Morgan fingerprint density at radius 1 is 1.24 bits per heavy atom. The molecule has 0 N–H and O–H groups in total. The molecule has 0 saturated heterocycles. The van der Waals surface area contributed by atoms with Gasteiger partial charge in [0.1, 0.15) is 11.5 Å². The van der Waals surface area contributed by atoms with Crippen LogP contribution in [0.2, 0.25) is 0 Å². The molecule has 1 amide bonds. The van der Waals surface area contributed by atoms with E-state index in [0.29, 0.717) is 17.2 Å². The van der Waals surface area contributed by atoms with Gasteiger partial charge >= 0.3 is 0 Å². The van der Waals surface area contributed by atoms with Crippen molar-refractivity contribution in [3.05, 3.63) is 40.6 Å². The minimum atomic E-state index is -0.306. The molecule has 0 aliphatic carbocycles. The first kappa shape index (κ1) is 15.3. The van der Waals surface area contributed by atoms with Crippen LogP contribution in [0.3, 0.4) is 0 Å². The summed E-state index contributed by atoms with van der Waals surface area (Å²) in [7, 11) is 1.85. The number of hydrogen-bond acceptors (Lipinski definition) is 4. The molecule has 0 saturated carbocycles. The lowest BCUT2D eigenvalue weighted by Gasteiger charge is -2.06. The first-order chi connectivity index (χ1) is 10.2. The van der Waals surface area contributed by atoms with Crippen molar-refractivity contribution in [2.45, 2.75) is 13.3 Å². The van der Waals surface area contributed by atoms with Gasteiger partial charge in [0, 0.05) is 18.6 Å².